The maximum absolute atomic E-state index is 12.5. The highest BCUT2D eigenvalue weighted by atomic mass is 16.5. The second kappa shape index (κ2) is 6.58. The molecule has 0 spiro atoms. The van der Waals surface area contributed by atoms with Crippen LogP contribution in [0.3, 0.4) is 0 Å². The summed E-state index contributed by atoms with van der Waals surface area (Å²) in [4.78, 5) is 16.6. The van der Waals surface area contributed by atoms with Crippen molar-refractivity contribution < 1.29 is 14.3 Å². The van der Waals surface area contributed by atoms with Gasteiger partial charge in [0.15, 0.2) is 0 Å². The van der Waals surface area contributed by atoms with Gasteiger partial charge in [-0.2, -0.15) is 0 Å². The van der Waals surface area contributed by atoms with Crippen LogP contribution in [-0.2, 0) is 4.74 Å². The summed E-state index contributed by atoms with van der Waals surface area (Å²) in [5.41, 5.74) is 1.51. The van der Waals surface area contributed by atoms with Crippen LogP contribution >= 0.6 is 0 Å². The molecule has 1 aliphatic rings. The van der Waals surface area contributed by atoms with Gasteiger partial charge in [0.05, 0.1) is 18.7 Å². The second-order valence-electron chi connectivity index (χ2n) is 5.15. The summed E-state index contributed by atoms with van der Waals surface area (Å²) in [5, 5.41) is 3.05. The minimum Gasteiger partial charge on any atom is -0.496 e. The van der Waals surface area contributed by atoms with Gasteiger partial charge in [-0.1, -0.05) is 18.2 Å². The SMILES string of the molecule is COc1ccccc1C(=O)N[C@H]1CCO[C@@H]1c1cccnc1. The van der Waals surface area contributed by atoms with E-state index in [1.807, 2.05) is 24.3 Å². The number of carbonyl (C=O) groups excluding carboxylic acids is 1. The Hall–Kier alpha value is -2.40. The van der Waals surface area contributed by atoms with Crippen LogP contribution < -0.4 is 10.1 Å². The number of benzene rings is 1. The van der Waals surface area contributed by atoms with E-state index in [0.717, 1.165) is 12.0 Å². The molecule has 22 heavy (non-hydrogen) atoms. The molecular formula is C17H18N2O3. The lowest BCUT2D eigenvalue weighted by molar-refractivity contribution is 0.0818. The Morgan fingerprint density at radius 1 is 1.32 bits per heavy atom. The quantitative estimate of drug-likeness (QED) is 0.941. The van der Waals surface area contributed by atoms with Gasteiger partial charge in [-0.3, -0.25) is 9.78 Å². The monoisotopic (exact) mass is 298 g/mol. The number of hydrogen-bond donors (Lipinski definition) is 1. The van der Waals surface area contributed by atoms with Gasteiger partial charge in [0.1, 0.15) is 11.9 Å². The average molecular weight is 298 g/mol. The van der Waals surface area contributed by atoms with E-state index in [-0.39, 0.29) is 18.1 Å². The molecule has 0 saturated carbocycles. The number of nitrogens with one attached hydrogen (secondary N) is 1. The molecule has 1 aromatic heterocycles. The zero-order chi connectivity index (χ0) is 15.4. The van der Waals surface area contributed by atoms with Crippen LogP contribution in [0.4, 0.5) is 0 Å². The van der Waals surface area contributed by atoms with Crippen molar-refractivity contribution in [2.24, 2.45) is 0 Å². The normalized spacial score (nSPS) is 20.6. The van der Waals surface area contributed by atoms with Gasteiger partial charge in [-0.15, -0.1) is 0 Å². The zero-order valence-electron chi connectivity index (χ0n) is 12.4. The lowest BCUT2D eigenvalue weighted by atomic mass is 10.0. The molecule has 0 bridgehead atoms. The van der Waals surface area contributed by atoms with E-state index in [1.54, 1.807) is 31.6 Å². The van der Waals surface area contributed by atoms with Gasteiger partial charge in [0.25, 0.3) is 5.91 Å². The third-order valence-electron chi connectivity index (χ3n) is 3.77. The fourth-order valence-corrected chi connectivity index (χ4v) is 2.69. The molecule has 1 saturated heterocycles. The second-order valence-corrected chi connectivity index (χ2v) is 5.15. The Balaban J connectivity index is 1.76. The van der Waals surface area contributed by atoms with E-state index in [4.69, 9.17) is 9.47 Å². The summed E-state index contributed by atoms with van der Waals surface area (Å²) < 4.78 is 11.0. The molecule has 1 fully saturated rings. The smallest absolute Gasteiger partial charge is 0.255 e. The minimum absolute atomic E-state index is 0.0680. The van der Waals surface area contributed by atoms with Gasteiger partial charge in [-0.25, -0.2) is 0 Å². The summed E-state index contributed by atoms with van der Waals surface area (Å²) in [6, 6.07) is 11.0. The number of rotatable bonds is 4. The van der Waals surface area contributed by atoms with Crippen molar-refractivity contribution in [3.8, 4) is 5.75 Å². The minimum atomic E-state index is -0.160. The molecule has 114 valence electrons. The van der Waals surface area contributed by atoms with E-state index >= 15 is 0 Å². The first-order valence-corrected chi connectivity index (χ1v) is 7.25. The molecular weight excluding hydrogens is 280 g/mol. The number of hydrogen-bond acceptors (Lipinski definition) is 4. The van der Waals surface area contributed by atoms with Gasteiger partial charge in [0, 0.05) is 24.6 Å². The first kappa shape index (κ1) is 14.5. The number of pyridine rings is 1. The van der Waals surface area contributed by atoms with Crippen molar-refractivity contribution in [2.75, 3.05) is 13.7 Å². The summed E-state index contributed by atoms with van der Waals surface area (Å²) in [6.45, 7) is 0.621. The largest absolute Gasteiger partial charge is 0.496 e. The van der Waals surface area contributed by atoms with Gasteiger partial charge < -0.3 is 14.8 Å². The van der Waals surface area contributed by atoms with E-state index in [0.29, 0.717) is 17.9 Å². The fraction of sp³-hybridized carbons (Fsp3) is 0.294. The predicted octanol–water partition coefficient (Wildman–Crippen LogP) is 2.35. The topological polar surface area (TPSA) is 60.5 Å². The van der Waals surface area contributed by atoms with Crippen LogP contribution in [-0.4, -0.2) is 30.6 Å². The predicted molar refractivity (Wildman–Crippen MR) is 81.8 cm³/mol. The molecule has 1 aliphatic heterocycles. The van der Waals surface area contributed by atoms with E-state index in [9.17, 15) is 4.79 Å². The molecule has 1 aromatic carbocycles. The highest BCUT2D eigenvalue weighted by molar-refractivity contribution is 5.97. The average Bonchev–Trinajstić information content (AvgIpc) is 3.03. The number of ether oxygens (including phenoxy) is 2. The van der Waals surface area contributed by atoms with Crippen molar-refractivity contribution in [3.05, 3.63) is 59.9 Å². The Kier molecular flexibility index (Phi) is 4.34. The van der Waals surface area contributed by atoms with Crippen LogP contribution in [0.5, 0.6) is 5.75 Å². The Labute approximate surface area is 129 Å². The standard InChI is InChI=1S/C17H18N2O3/c1-21-15-7-3-2-6-13(15)17(20)19-14-8-10-22-16(14)12-5-4-9-18-11-12/h2-7,9,11,14,16H,8,10H2,1H3,(H,19,20)/t14-,16+/m0/s1. The maximum atomic E-state index is 12.5. The number of carbonyl (C=O) groups is 1. The number of nitrogens with zero attached hydrogens (tertiary/aromatic N) is 1. The Morgan fingerprint density at radius 3 is 2.95 bits per heavy atom. The van der Waals surface area contributed by atoms with Crippen molar-refractivity contribution in [2.45, 2.75) is 18.6 Å². The maximum Gasteiger partial charge on any atom is 0.255 e. The van der Waals surface area contributed by atoms with Crippen LogP contribution in [0.25, 0.3) is 0 Å². The number of methoxy groups -OCH3 is 1. The van der Waals surface area contributed by atoms with Crippen molar-refractivity contribution in [1.29, 1.82) is 0 Å². The molecule has 1 amide bonds. The first-order chi connectivity index (χ1) is 10.8. The first-order valence-electron chi connectivity index (χ1n) is 7.25. The highest BCUT2D eigenvalue weighted by Gasteiger charge is 2.31. The van der Waals surface area contributed by atoms with Gasteiger partial charge in [-0.05, 0) is 24.6 Å². The zero-order valence-corrected chi connectivity index (χ0v) is 12.4. The summed E-state index contributed by atoms with van der Waals surface area (Å²) in [7, 11) is 1.56. The molecule has 2 heterocycles. The van der Waals surface area contributed by atoms with Gasteiger partial charge in [0.2, 0.25) is 0 Å². The molecule has 0 radical (unpaired) electrons. The summed E-state index contributed by atoms with van der Waals surface area (Å²) >= 11 is 0. The molecule has 2 aromatic rings. The number of aromatic nitrogens is 1. The Bertz CT molecular complexity index is 645. The van der Waals surface area contributed by atoms with Gasteiger partial charge >= 0.3 is 0 Å². The van der Waals surface area contributed by atoms with E-state index in [2.05, 4.69) is 10.3 Å². The fourth-order valence-electron chi connectivity index (χ4n) is 2.69. The van der Waals surface area contributed by atoms with Crippen LogP contribution in [0.15, 0.2) is 48.8 Å². The van der Waals surface area contributed by atoms with Crippen LogP contribution in [0.1, 0.15) is 28.4 Å². The molecule has 5 nitrogen and oxygen atoms in total. The van der Waals surface area contributed by atoms with E-state index < -0.39 is 0 Å². The molecule has 0 unspecified atom stereocenters. The Morgan fingerprint density at radius 2 is 2.18 bits per heavy atom. The third-order valence-corrected chi connectivity index (χ3v) is 3.77. The number of amides is 1. The van der Waals surface area contributed by atoms with Crippen molar-refractivity contribution >= 4 is 5.91 Å². The summed E-state index contributed by atoms with van der Waals surface area (Å²) in [5.74, 6) is 0.415. The van der Waals surface area contributed by atoms with Crippen molar-refractivity contribution in [3.63, 3.8) is 0 Å². The molecule has 2 atom stereocenters. The van der Waals surface area contributed by atoms with Crippen LogP contribution in [0, 0.1) is 0 Å². The van der Waals surface area contributed by atoms with Crippen LogP contribution in [0.2, 0.25) is 0 Å². The van der Waals surface area contributed by atoms with Crippen molar-refractivity contribution in [1.82, 2.24) is 10.3 Å². The lowest BCUT2D eigenvalue weighted by Crippen LogP contribution is -2.37. The van der Waals surface area contributed by atoms with E-state index in [1.165, 1.54) is 0 Å². The molecule has 3 rings (SSSR count). The molecule has 0 aliphatic carbocycles. The third kappa shape index (κ3) is 2.94. The number of para-hydroxylation sites is 1. The highest BCUT2D eigenvalue weighted by Crippen LogP contribution is 2.29. The summed E-state index contributed by atoms with van der Waals surface area (Å²) in [6.07, 6.45) is 4.12. The molecule has 1 N–H and O–H groups in total. The molecule has 5 heteroatoms. The lowest BCUT2D eigenvalue weighted by Gasteiger charge is -2.20.